The summed E-state index contributed by atoms with van der Waals surface area (Å²) in [4.78, 5) is 20.9. The number of benzene rings is 2. The third-order valence-corrected chi connectivity index (χ3v) is 6.31. The molecule has 2 aromatic heterocycles. The Kier molecular flexibility index (Phi) is 7.22. The first-order valence-corrected chi connectivity index (χ1v) is 12.0. The summed E-state index contributed by atoms with van der Waals surface area (Å²) in [5.74, 6) is 0.816. The SMILES string of the molecule is COc1ccc(NS(=O)(=O)c2ccc(C(=O)Nc3ncccc3OCc3ccncc3)cc2)cc1. The van der Waals surface area contributed by atoms with Crippen molar-refractivity contribution in [2.45, 2.75) is 11.5 Å². The summed E-state index contributed by atoms with van der Waals surface area (Å²) < 4.78 is 38.7. The highest BCUT2D eigenvalue weighted by Crippen LogP contribution is 2.24. The van der Waals surface area contributed by atoms with Crippen molar-refractivity contribution in [1.29, 1.82) is 0 Å². The van der Waals surface area contributed by atoms with Crippen LogP contribution in [-0.4, -0.2) is 31.4 Å². The van der Waals surface area contributed by atoms with Crippen molar-refractivity contribution in [2.75, 3.05) is 17.1 Å². The minimum atomic E-state index is -3.83. The van der Waals surface area contributed by atoms with Gasteiger partial charge in [-0.2, -0.15) is 0 Å². The molecule has 0 aliphatic rings. The molecule has 4 rings (SSSR count). The maximum atomic E-state index is 12.8. The minimum Gasteiger partial charge on any atom is -0.497 e. The van der Waals surface area contributed by atoms with Gasteiger partial charge in [-0.15, -0.1) is 0 Å². The van der Waals surface area contributed by atoms with Gasteiger partial charge >= 0.3 is 0 Å². The van der Waals surface area contributed by atoms with Crippen LogP contribution in [0.15, 0.2) is 96.3 Å². The van der Waals surface area contributed by atoms with E-state index in [1.807, 2.05) is 12.1 Å². The maximum Gasteiger partial charge on any atom is 0.261 e. The molecule has 0 aliphatic heterocycles. The second-order valence-corrected chi connectivity index (χ2v) is 8.99. The lowest BCUT2D eigenvalue weighted by Crippen LogP contribution is -2.15. The van der Waals surface area contributed by atoms with Crippen molar-refractivity contribution in [3.63, 3.8) is 0 Å². The van der Waals surface area contributed by atoms with Crippen molar-refractivity contribution in [2.24, 2.45) is 0 Å². The third kappa shape index (κ3) is 6.12. The van der Waals surface area contributed by atoms with Crippen molar-refractivity contribution >= 4 is 27.4 Å². The van der Waals surface area contributed by atoms with Gasteiger partial charge in [0, 0.05) is 29.8 Å². The number of carbonyl (C=O) groups is 1. The van der Waals surface area contributed by atoms with Crippen LogP contribution in [0.2, 0.25) is 0 Å². The lowest BCUT2D eigenvalue weighted by atomic mass is 10.2. The van der Waals surface area contributed by atoms with Gasteiger partial charge in [0.15, 0.2) is 11.6 Å². The van der Waals surface area contributed by atoms with Crippen LogP contribution in [0.4, 0.5) is 11.5 Å². The molecule has 0 radical (unpaired) electrons. The van der Waals surface area contributed by atoms with Gasteiger partial charge in [-0.1, -0.05) is 0 Å². The summed E-state index contributed by atoms with van der Waals surface area (Å²) in [5.41, 5.74) is 1.57. The number of hydrogen-bond donors (Lipinski definition) is 2. The summed E-state index contributed by atoms with van der Waals surface area (Å²) in [7, 11) is -2.31. The maximum absolute atomic E-state index is 12.8. The first kappa shape index (κ1) is 23.7. The number of amides is 1. The average Bonchev–Trinajstić information content (AvgIpc) is 2.89. The van der Waals surface area contributed by atoms with Gasteiger partial charge in [0.2, 0.25) is 0 Å². The fourth-order valence-electron chi connectivity index (χ4n) is 3.08. The molecule has 2 N–H and O–H groups in total. The van der Waals surface area contributed by atoms with E-state index in [2.05, 4.69) is 20.0 Å². The molecule has 2 aromatic carbocycles. The van der Waals surface area contributed by atoms with E-state index in [0.717, 1.165) is 5.56 Å². The molecule has 0 aliphatic carbocycles. The van der Waals surface area contributed by atoms with Crippen LogP contribution in [0.1, 0.15) is 15.9 Å². The smallest absolute Gasteiger partial charge is 0.261 e. The fraction of sp³-hybridized carbons (Fsp3) is 0.0800. The topological polar surface area (TPSA) is 120 Å². The van der Waals surface area contributed by atoms with Crippen LogP contribution < -0.4 is 19.5 Å². The number of aromatic nitrogens is 2. The van der Waals surface area contributed by atoms with E-state index in [1.165, 1.54) is 37.6 Å². The number of nitrogens with zero attached hydrogens (tertiary/aromatic N) is 2. The normalized spacial score (nSPS) is 10.9. The number of methoxy groups -OCH3 is 1. The lowest BCUT2D eigenvalue weighted by molar-refractivity contribution is 0.102. The van der Waals surface area contributed by atoms with Crippen molar-refractivity contribution in [1.82, 2.24) is 9.97 Å². The molecule has 1 amide bonds. The van der Waals surface area contributed by atoms with E-state index in [0.29, 0.717) is 17.2 Å². The molecule has 0 bridgehead atoms. The van der Waals surface area contributed by atoms with Crippen LogP contribution in [-0.2, 0) is 16.6 Å². The van der Waals surface area contributed by atoms with Crippen LogP contribution in [0.3, 0.4) is 0 Å². The van der Waals surface area contributed by atoms with Gasteiger partial charge in [-0.3, -0.25) is 14.5 Å². The standard InChI is InChI=1S/C25H22N4O5S/c1-33-21-8-6-20(7-9-21)29-35(31,32)22-10-4-19(5-11-22)25(30)28-24-23(3-2-14-27-24)34-17-18-12-15-26-16-13-18/h2-16,29H,17H2,1H3,(H,27,28,30). The molecule has 0 saturated carbocycles. The predicted molar refractivity (Wildman–Crippen MR) is 131 cm³/mol. The first-order chi connectivity index (χ1) is 16.9. The third-order valence-electron chi connectivity index (χ3n) is 4.92. The zero-order valence-electron chi connectivity index (χ0n) is 18.7. The molecule has 0 unspecified atom stereocenters. The molecule has 0 atom stereocenters. The zero-order valence-corrected chi connectivity index (χ0v) is 19.5. The summed E-state index contributed by atoms with van der Waals surface area (Å²) in [6.07, 6.45) is 4.87. The van der Waals surface area contributed by atoms with Gasteiger partial charge in [0.05, 0.1) is 12.0 Å². The van der Waals surface area contributed by atoms with E-state index < -0.39 is 15.9 Å². The molecule has 0 fully saturated rings. The van der Waals surface area contributed by atoms with Crippen LogP contribution in [0.5, 0.6) is 11.5 Å². The zero-order chi connectivity index (χ0) is 24.7. The van der Waals surface area contributed by atoms with Gasteiger partial charge < -0.3 is 14.8 Å². The molecule has 35 heavy (non-hydrogen) atoms. The molecular formula is C25H22N4O5S. The molecular weight excluding hydrogens is 468 g/mol. The summed E-state index contributed by atoms with van der Waals surface area (Å²) >= 11 is 0. The Morgan fingerprint density at radius 3 is 2.31 bits per heavy atom. The summed E-state index contributed by atoms with van der Waals surface area (Å²) in [6, 6.07) is 19.1. The Morgan fingerprint density at radius 2 is 1.63 bits per heavy atom. The molecule has 4 aromatic rings. The quantitative estimate of drug-likeness (QED) is 0.362. The largest absolute Gasteiger partial charge is 0.497 e. The fourth-order valence-corrected chi connectivity index (χ4v) is 4.14. The van der Waals surface area contributed by atoms with E-state index >= 15 is 0 Å². The molecule has 10 heteroatoms. The molecule has 9 nitrogen and oxygen atoms in total. The predicted octanol–water partition coefficient (Wildman–Crippen LogP) is 4.12. The Labute approximate surface area is 202 Å². The second kappa shape index (κ2) is 10.7. The summed E-state index contributed by atoms with van der Waals surface area (Å²) in [5, 5.41) is 2.71. The average molecular weight is 491 g/mol. The van der Waals surface area contributed by atoms with Crippen molar-refractivity contribution < 1.29 is 22.7 Å². The minimum absolute atomic E-state index is 0.0177. The number of sulfonamides is 1. The Hall–Kier alpha value is -4.44. The summed E-state index contributed by atoms with van der Waals surface area (Å²) in [6.45, 7) is 0.283. The van der Waals surface area contributed by atoms with Crippen LogP contribution >= 0.6 is 0 Å². The number of anilines is 2. The van der Waals surface area contributed by atoms with Gasteiger partial charge in [0.1, 0.15) is 12.4 Å². The highest BCUT2D eigenvalue weighted by atomic mass is 32.2. The monoisotopic (exact) mass is 490 g/mol. The van der Waals surface area contributed by atoms with E-state index in [1.54, 1.807) is 48.8 Å². The van der Waals surface area contributed by atoms with E-state index in [9.17, 15) is 13.2 Å². The lowest BCUT2D eigenvalue weighted by Gasteiger charge is -2.12. The van der Waals surface area contributed by atoms with Gasteiger partial charge in [-0.25, -0.2) is 13.4 Å². The number of hydrogen-bond acceptors (Lipinski definition) is 7. The highest BCUT2D eigenvalue weighted by Gasteiger charge is 2.16. The van der Waals surface area contributed by atoms with Crippen LogP contribution in [0, 0.1) is 0 Å². The highest BCUT2D eigenvalue weighted by molar-refractivity contribution is 7.92. The van der Waals surface area contributed by atoms with E-state index in [4.69, 9.17) is 9.47 Å². The second-order valence-electron chi connectivity index (χ2n) is 7.31. The number of nitrogens with one attached hydrogen (secondary N) is 2. The van der Waals surface area contributed by atoms with Crippen molar-refractivity contribution in [3.05, 3.63) is 103 Å². The number of ether oxygens (including phenoxy) is 2. The number of carbonyl (C=O) groups excluding carboxylic acids is 1. The molecule has 178 valence electrons. The number of rotatable bonds is 9. The molecule has 2 heterocycles. The number of pyridine rings is 2. The van der Waals surface area contributed by atoms with Gasteiger partial charge in [-0.05, 0) is 78.4 Å². The van der Waals surface area contributed by atoms with Crippen molar-refractivity contribution in [3.8, 4) is 11.5 Å². The van der Waals surface area contributed by atoms with Crippen LogP contribution in [0.25, 0.3) is 0 Å². The Bertz CT molecular complexity index is 1390. The molecule has 0 saturated heterocycles. The molecule has 0 spiro atoms. The van der Waals surface area contributed by atoms with Gasteiger partial charge in [0.25, 0.3) is 15.9 Å². The first-order valence-electron chi connectivity index (χ1n) is 10.5. The van der Waals surface area contributed by atoms with E-state index in [-0.39, 0.29) is 22.9 Å². The Balaban J connectivity index is 1.43. The Morgan fingerprint density at radius 1 is 0.914 bits per heavy atom.